The van der Waals surface area contributed by atoms with Crippen molar-refractivity contribution in [2.75, 3.05) is 7.11 Å². The first-order valence-electron chi connectivity index (χ1n) is 5.89. The summed E-state index contributed by atoms with van der Waals surface area (Å²) in [6, 6.07) is 4.05. The highest BCUT2D eigenvalue weighted by atomic mass is 16.5. The number of fused-ring (bicyclic) bond motifs is 1. The van der Waals surface area contributed by atoms with Crippen LogP contribution in [0, 0.1) is 0 Å². The van der Waals surface area contributed by atoms with Gasteiger partial charge in [0.05, 0.1) is 7.11 Å². The second kappa shape index (κ2) is 4.69. The quantitative estimate of drug-likeness (QED) is 0.779. The van der Waals surface area contributed by atoms with Gasteiger partial charge in [-0.1, -0.05) is 6.07 Å². The highest BCUT2D eigenvalue weighted by molar-refractivity contribution is 5.78. The zero-order chi connectivity index (χ0) is 11.5. The number of ketones is 1. The molecule has 0 saturated carbocycles. The summed E-state index contributed by atoms with van der Waals surface area (Å²) in [4.78, 5) is 11.2. The SMILES string of the molecule is COc1ccc(CC(C)=O)c2c1CCCC2. The fourth-order valence-electron chi connectivity index (χ4n) is 2.53. The first kappa shape index (κ1) is 11.2. The Morgan fingerprint density at radius 2 is 1.94 bits per heavy atom. The van der Waals surface area contributed by atoms with Crippen LogP contribution < -0.4 is 4.74 Å². The summed E-state index contributed by atoms with van der Waals surface area (Å²) in [6.45, 7) is 1.65. The molecule has 86 valence electrons. The molecular formula is C14H18O2. The average molecular weight is 218 g/mol. The van der Waals surface area contributed by atoms with Crippen LogP contribution in [0.25, 0.3) is 0 Å². The number of carbonyl (C=O) groups is 1. The second-order valence-electron chi connectivity index (χ2n) is 4.47. The molecule has 0 unspecified atom stereocenters. The van der Waals surface area contributed by atoms with Gasteiger partial charge in [0.2, 0.25) is 0 Å². The van der Waals surface area contributed by atoms with Gasteiger partial charge < -0.3 is 4.74 Å². The van der Waals surface area contributed by atoms with Crippen molar-refractivity contribution in [3.63, 3.8) is 0 Å². The molecule has 0 bridgehead atoms. The van der Waals surface area contributed by atoms with Gasteiger partial charge in [-0.15, -0.1) is 0 Å². The van der Waals surface area contributed by atoms with Crippen LogP contribution in [0.2, 0.25) is 0 Å². The molecular weight excluding hydrogens is 200 g/mol. The van der Waals surface area contributed by atoms with Crippen LogP contribution in [0.1, 0.15) is 36.5 Å². The van der Waals surface area contributed by atoms with Crippen LogP contribution in [0.5, 0.6) is 5.75 Å². The van der Waals surface area contributed by atoms with Crippen molar-refractivity contribution in [1.82, 2.24) is 0 Å². The van der Waals surface area contributed by atoms with Gasteiger partial charge in [-0.05, 0) is 55.4 Å². The molecule has 0 amide bonds. The number of benzene rings is 1. The largest absolute Gasteiger partial charge is 0.496 e. The molecule has 0 aromatic heterocycles. The van der Waals surface area contributed by atoms with Crippen molar-refractivity contribution in [2.24, 2.45) is 0 Å². The Labute approximate surface area is 96.6 Å². The van der Waals surface area contributed by atoms with Crippen molar-refractivity contribution in [1.29, 1.82) is 0 Å². The third kappa shape index (κ3) is 2.11. The maximum absolute atomic E-state index is 11.2. The van der Waals surface area contributed by atoms with Crippen LogP contribution in [-0.4, -0.2) is 12.9 Å². The van der Waals surface area contributed by atoms with Crippen molar-refractivity contribution < 1.29 is 9.53 Å². The Kier molecular flexibility index (Phi) is 3.28. The van der Waals surface area contributed by atoms with Gasteiger partial charge in [-0.25, -0.2) is 0 Å². The molecule has 2 rings (SSSR count). The Bertz CT molecular complexity index is 407. The molecule has 0 saturated heterocycles. The van der Waals surface area contributed by atoms with E-state index in [1.807, 2.05) is 12.1 Å². The Hall–Kier alpha value is -1.31. The van der Waals surface area contributed by atoms with Crippen molar-refractivity contribution in [3.8, 4) is 5.75 Å². The standard InChI is InChI=1S/C14H18O2/c1-10(15)9-11-7-8-14(16-2)13-6-4-3-5-12(11)13/h7-8H,3-6,9H2,1-2H3. The smallest absolute Gasteiger partial charge is 0.134 e. The van der Waals surface area contributed by atoms with E-state index in [-0.39, 0.29) is 5.78 Å². The van der Waals surface area contributed by atoms with Crippen LogP contribution in [0.4, 0.5) is 0 Å². The summed E-state index contributed by atoms with van der Waals surface area (Å²) < 4.78 is 5.39. The predicted molar refractivity (Wildman–Crippen MR) is 64.0 cm³/mol. The van der Waals surface area contributed by atoms with E-state index < -0.39 is 0 Å². The van der Waals surface area contributed by atoms with Gasteiger partial charge in [0.15, 0.2) is 0 Å². The van der Waals surface area contributed by atoms with Crippen LogP contribution in [-0.2, 0) is 24.1 Å². The Morgan fingerprint density at radius 3 is 2.56 bits per heavy atom. The van der Waals surface area contributed by atoms with Gasteiger partial charge in [0, 0.05) is 6.42 Å². The maximum Gasteiger partial charge on any atom is 0.134 e. The molecule has 0 aliphatic heterocycles. The van der Waals surface area contributed by atoms with E-state index in [9.17, 15) is 4.79 Å². The highest BCUT2D eigenvalue weighted by Crippen LogP contribution is 2.32. The van der Waals surface area contributed by atoms with Crippen LogP contribution >= 0.6 is 0 Å². The van der Waals surface area contributed by atoms with E-state index in [1.165, 1.54) is 29.5 Å². The first-order chi connectivity index (χ1) is 7.72. The van der Waals surface area contributed by atoms with Crippen molar-refractivity contribution in [3.05, 3.63) is 28.8 Å². The Balaban J connectivity index is 2.43. The van der Waals surface area contributed by atoms with Gasteiger partial charge in [-0.2, -0.15) is 0 Å². The number of Topliss-reactive ketones (excluding diaryl/α,β-unsaturated/α-hetero) is 1. The zero-order valence-corrected chi connectivity index (χ0v) is 10.0. The summed E-state index contributed by atoms with van der Waals surface area (Å²) in [5, 5.41) is 0. The van der Waals surface area contributed by atoms with E-state index in [0.717, 1.165) is 18.6 Å². The third-order valence-corrected chi connectivity index (χ3v) is 3.25. The predicted octanol–water partition coefficient (Wildman–Crippen LogP) is 2.71. The minimum absolute atomic E-state index is 0.234. The van der Waals surface area contributed by atoms with E-state index >= 15 is 0 Å². The normalized spacial score (nSPS) is 14.4. The molecule has 1 aromatic rings. The minimum Gasteiger partial charge on any atom is -0.496 e. The van der Waals surface area contributed by atoms with Gasteiger partial charge in [0.1, 0.15) is 11.5 Å². The lowest BCUT2D eigenvalue weighted by molar-refractivity contribution is -0.116. The molecule has 0 radical (unpaired) electrons. The average Bonchev–Trinajstić information content (AvgIpc) is 2.29. The first-order valence-corrected chi connectivity index (χ1v) is 5.89. The molecule has 1 aromatic carbocycles. The fraction of sp³-hybridized carbons (Fsp3) is 0.500. The third-order valence-electron chi connectivity index (χ3n) is 3.25. The number of hydrogen-bond donors (Lipinski definition) is 0. The molecule has 2 heteroatoms. The Morgan fingerprint density at radius 1 is 1.25 bits per heavy atom. The summed E-state index contributed by atoms with van der Waals surface area (Å²) >= 11 is 0. The van der Waals surface area contributed by atoms with E-state index in [2.05, 4.69) is 0 Å². The fourth-order valence-corrected chi connectivity index (χ4v) is 2.53. The lowest BCUT2D eigenvalue weighted by Gasteiger charge is -2.21. The molecule has 0 fully saturated rings. The molecule has 16 heavy (non-hydrogen) atoms. The molecule has 1 aliphatic carbocycles. The summed E-state index contributed by atoms with van der Waals surface area (Å²) in [7, 11) is 1.72. The number of ether oxygens (including phenoxy) is 1. The van der Waals surface area contributed by atoms with Gasteiger partial charge >= 0.3 is 0 Å². The second-order valence-corrected chi connectivity index (χ2v) is 4.47. The number of hydrogen-bond acceptors (Lipinski definition) is 2. The van der Waals surface area contributed by atoms with E-state index in [1.54, 1.807) is 14.0 Å². The molecule has 1 aliphatic rings. The van der Waals surface area contributed by atoms with Crippen molar-refractivity contribution >= 4 is 5.78 Å². The molecule has 2 nitrogen and oxygen atoms in total. The molecule has 0 atom stereocenters. The lowest BCUT2D eigenvalue weighted by atomic mass is 9.86. The zero-order valence-electron chi connectivity index (χ0n) is 10.0. The van der Waals surface area contributed by atoms with Crippen LogP contribution in [0.15, 0.2) is 12.1 Å². The lowest BCUT2D eigenvalue weighted by Crippen LogP contribution is -2.10. The topological polar surface area (TPSA) is 26.3 Å². The summed E-state index contributed by atoms with van der Waals surface area (Å²) in [5.41, 5.74) is 3.89. The number of rotatable bonds is 3. The maximum atomic E-state index is 11.2. The van der Waals surface area contributed by atoms with E-state index in [0.29, 0.717) is 6.42 Å². The van der Waals surface area contributed by atoms with Gasteiger partial charge in [-0.3, -0.25) is 4.79 Å². The van der Waals surface area contributed by atoms with Crippen LogP contribution in [0.3, 0.4) is 0 Å². The summed E-state index contributed by atoms with van der Waals surface area (Å²) in [6.07, 6.45) is 5.20. The molecule has 0 N–H and O–H groups in total. The molecule has 0 heterocycles. The molecule has 0 spiro atoms. The number of methoxy groups -OCH3 is 1. The van der Waals surface area contributed by atoms with Gasteiger partial charge in [0.25, 0.3) is 0 Å². The van der Waals surface area contributed by atoms with Crippen molar-refractivity contribution in [2.45, 2.75) is 39.0 Å². The monoisotopic (exact) mass is 218 g/mol. The van der Waals surface area contributed by atoms with E-state index in [4.69, 9.17) is 4.74 Å². The minimum atomic E-state index is 0.234. The summed E-state index contributed by atoms with van der Waals surface area (Å²) in [5.74, 6) is 1.22. The highest BCUT2D eigenvalue weighted by Gasteiger charge is 2.17. The number of carbonyl (C=O) groups excluding carboxylic acids is 1.